The number of hydrogen-bond donors (Lipinski definition) is 1. The molecule has 2 amide bonds. The van der Waals surface area contributed by atoms with Crippen molar-refractivity contribution in [1.29, 1.82) is 0 Å². The second-order valence-corrected chi connectivity index (χ2v) is 5.59. The van der Waals surface area contributed by atoms with Gasteiger partial charge in [0.2, 0.25) is 5.91 Å². The number of benzene rings is 2. The van der Waals surface area contributed by atoms with Crippen LogP contribution in [0, 0.1) is 5.82 Å². The van der Waals surface area contributed by atoms with Crippen LogP contribution in [0.15, 0.2) is 48.5 Å². The highest BCUT2D eigenvalue weighted by atomic mass is 19.1. The van der Waals surface area contributed by atoms with Gasteiger partial charge in [-0.2, -0.15) is 0 Å². The zero-order valence-electron chi connectivity index (χ0n) is 14.9. The van der Waals surface area contributed by atoms with Crippen LogP contribution in [0.1, 0.15) is 10.4 Å². The molecule has 1 N–H and O–H groups in total. The van der Waals surface area contributed by atoms with Gasteiger partial charge in [-0.3, -0.25) is 9.59 Å². The normalized spacial score (nSPS) is 10.0. The molecule has 0 aromatic heterocycles. The summed E-state index contributed by atoms with van der Waals surface area (Å²) in [5.74, 6) is -2.13. The average molecular weight is 374 g/mol. The van der Waals surface area contributed by atoms with Crippen molar-refractivity contribution in [2.45, 2.75) is 0 Å². The van der Waals surface area contributed by atoms with Gasteiger partial charge in [0.25, 0.3) is 5.91 Å². The monoisotopic (exact) mass is 374 g/mol. The van der Waals surface area contributed by atoms with E-state index in [1.54, 1.807) is 24.3 Å². The molecule has 7 nitrogen and oxygen atoms in total. The molecule has 27 heavy (non-hydrogen) atoms. The second-order valence-electron chi connectivity index (χ2n) is 5.59. The van der Waals surface area contributed by atoms with Crippen LogP contribution in [0.2, 0.25) is 0 Å². The average Bonchev–Trinajstić information content (AvgIpc) is 2.66. The summed E-state index contributed by atoms with van der Waals surface area (Å²) < 4.78 is 23.4. The molecule has 2 aromatic carbocycles. The van der Waals surface area contributed by atoms with E-state index in [2.05, 4.69) is 5.32 Å². The van der Waals surface area contributed by atoms with Gasteiger partial charge in [0, 0.05) is 18.8 Å². The van der Waals surface area contributed by atoms with Gasteiger partial charge in [0.1, 0.15) is 11.6 Å². The van der Waals surface area contributed by atoms with E-state index in [9.17, 15) is 18.8 Å². The van der Waals surface area contributed by atoms with Crippen molar-refractivity contribution < 1.29 is 28.2 Å². The highest BCUT2D eigenvalue weighted by Crippen LogP contribution is 2.16. The van der Waals surface area contributed by atoms with Gasteiger partial charge in [0.05, 0.1) is 19.2 Å². The number of amides is 2. The van der Waals surface area contributed by atoms with E-state index in [4.69, 9.17) is 9.47 Å². The predicted octanol–water partition coefficient (Wildman–Crippen LogP) is 2.09. The molecule has 0 spiro atoms. The van der Waals surface area contributed by atoms with Crippen LogP contribution in [-0.4, -0.2) is 50.0 Å². The van der Waals surface area contributed by atoms with Crippen molar-refractivity contribution in [3.63, 3.8) is 0 Å². The Hall–Kier alpha value is -3.42. The molecule has 0 atom stereocenters. The first kappa shape index (κ1) is 19.9. The summed E-state index contributed by atoms with van der Waals surface area (Å²) in [6.45, 7) is -0.844. The highest BCUT2D eigenvalue weighted by Gasteiger charge is 2.17. The zero-order valence-corrected chi connectivity index (χ0v) is 14.9. The summed E-state index contributed by atoms with van der Waals surface area (Å²) >= 11 is 0. The van der Waals surface area contributed by atoms with E-state index in [1.165, 1.54) is 32.4 Å². The number of hydrogen-bond acceptors (Lipinski definition) is 5. The summed E-state index contributed by atoms with van der Waals surface area (Å²) in [6, 6.07) is 12.1. The highest BCUT2D eigenvalue weighted by molar-refractivity contribution is 5.95. The van der Waals surface area contributed by atoms with E-state index in [0.29, 0.717) is 11.4 Å². The van der Waals surface area contributed by atoms with Gasteiger partial charge < -0.3 is 19.7 Å². The summed E-state index contributed by atoms with van der Waals surface area (Å²) in [5, 5.41) is 2.63. The van der Waals surface area contributed by atoms with Gasteiger partial charge in [0.15, 0.2) is 6.61 Å². The van der Waals surface area contributed by atoms with E-state index in [-0.39, 0.29) is 12.1 Å². The summed E-state index contributed by atoms with van der Waals surface area (Å²) in [7, 11) is 2.90. The largest absolute Gasteiger partial charge is 0.497 e. The van der Waals surface area contributed by atoms with E-state index in [1.807, 2.05) is 0 Å². The number of likely N-dealkylation sites (N-methyl/N-ethyl adjacent to an activating group) is 1. The molecule has 142 valence electrons. The molecule has 2 rings (SSSR count). The lowest BCUT2D eigenvalue weighted by Gasteiger charge is -2.17. The zero-order chi connectivity index (χ0) is 19.8. The second kappa shape index (κ2) is 9.33. The number of rotatable bonds is 7. The molecule has 2 aromatic rings. The van der Waals surface area contributed by atoms with Gasteiger partial charge in [-0.25, -0.2) is 9.18 Å². The molecule has 0 aliphatic carbocycles. The smallest absolute Gasteiger partial charge is 0.341 e. The lowest BCUT2D eigenvalue weighted by Crippen LogP contribution is -2.37. The Bertz CT molecular complexity index is 840. The van der Waals surface area contributed by atoms with Crippen LogP contribution in [0.3, 0.4) is 0 Å². The quantitative estimate of drug-likeness (QED) is 0.750. The number of esters is 1. The van der Waals surface area contributed by atoms with E-state index < -0.39 is 30.2 Å². The lowest BCUT2D eigenvalue weighted by molar-refractivity contribution is -0.136. The first-order valence-corrected chi connectivity index (χ1v) is 8.00. The van der Waals surface area contributed by atoms with Gasteiger partial charge in [-0.05, 0) is 24.3 Å². The molecule has 0 radical (unpaired) electrons. The van der Waals surface area contributed by atoms with Crippen LogP contribution in [0.5, 0.6) is 5.75 Å². The van der Waals surface area contributed by atoms with Crippen LogP contribution in [0.25, 0.3) is 0 Å². The first-order valence-electron chi connectivity index (χ1n) is 8.00. The molecule has 0 aliphatic rings. The lowest BCUT2D eigenvalue weighted by atomic mass is 10.2. The first-order chi connectivity index (χ1) is 12.9. The number of halogens is 1. The topological polar surface area (TPSA) is 84.9 Å². The van der Waals surface area contributed by atoms with Crippen LogP contribution < -0.4 is 10.1 Å². The van der Waals surface area contributed by atoms with Crippen molar-refractivity contribution >= 4 is 23.5 Å². The van der Waals surface area contributed by atoms with E-state index >= 15 is 0 Å². The van der Waals surface area contributed by atoms with Crippen LogP contribution >= 0.6 is 0 Å². The summed E-state index contributed by atoms with van der Waals surface area (Å²) in [4.78, 5) is 36.9. The molecule has 0 saturated heterocycles. The minimum atomic E-state index is -0.948. The third-order valence-electron chi connectivity index (χ3n) is 3.58. The Kier molecular flexibility index (Phi) is 6.87. The fraction of sp³-hybridized carbons (Fsp3) is 0.211. The number of carbonyl (C=O) groups excluding carboxylic acids is 3. The maximum absolute atomic E-state index is 13.5. The number of anilines is 1. The molecular formula is C19H19FN2O5. The fourth-order valence-electron chi connectivity index (χ4n) is 2.15. The Morgan fingerprint density at radius 3 is 2.56 bits per heavy atom. The van der Waals surface area contributed by atoms with E-state index in [0.717, 1.165) is 11.0 Å². The number of carbonyl (C=O) groups is 3. The molecule has 8 heteroatoms. The number of nitrogens with one attached hydrogen (secondary N) is 1. The van der Waals surface area contributed by atoms with Crippen molar-refractivity contribution in [2.75, 3.05) is 32.6 Å². The van der Waals surface area contributed by atoms with Crippen molar-refractivity contribution in [1.82, 2.24) is 4.90 Å². The van der Waals surface area contributed by atoms with Gasteiger partial charge in [-0.1, -0.05) is 18.2 Å². The third kappa shape index (κ3) is 5.81. The van der Waals surface area contributed by atoms with Gasteiger partial charge >= 0.3 is 5.97 Å². The Morgan fingerprint density at radius 1 is 1.11 bits per heavy atom. The molecule has 0 unspecified atom stereocenters. The predicted molar refractivity (Wildman–Crippen MR) is 95.9 cm³/mol. The standard InChI is InChI=1S/C19H19FN2O5/c1-22(11-17(23)21-13-6-5-7-14(10-13)26-2)18(24)12-27-19(25)15-8-3-4-9-16(15)20/h3-10H,11-12H2,1-2H3,(H,21,23). The van der Waals surface area contributed by atoms with Crippen LogP contribution in [0.4, 0.5) is 10.1 Å². The third-order valence-corrected chi connectivity index (χ3v) is 3.58. The molecule has 0 bridgehead atoms. The molecule has 0 fully saturated rings. The molecule has 0 heterocycles. The minimum Gasteiger partial charge on any atom is -0.497 e. The van der Waals surface area contributed by atoms with Crippen molar-refractivity contribution in [2.24, 2.45) is 0 Å². The molecular weight excluding hydrogens is 355 g/mol. The Morgan fingerprint density at radius 2 is 1.85 bits per heavy atom. The number of ether oxygens (including phenoxy) is 2. The number of nitrogens with zero attached hydrogens (tertiary/aromatic N) is 1. The SMILES string of the molecule is COc1cccc(NC(=O)CN(C)C(=O)COC(=O)c2ccccc2F)c1. The summed E-state index contributed by atoms with van der Waals surface area (Å²) in [6.07, 6.45) is 0. The minimum absolute atomic E-state index is 0.243. The maximum atomic E-state index is 13.5. The Balaban J connectivity index is 1.83. The Labute approximate surface area is 155 Å². The molecule has 0 saturated carbocycles. The maximum Gasteiger partial charge on any atom is 0.341 e. The number of methoxy groups -OCH3 is 1. The molecule has 0 aliphatic heterocycles. The summed E-state index contributed by atoms with van der Waals surface area (Å²) in [5.41, 5.74) is 0.259. The van der Waals surface area contributed by atoms with Crippen molar-refractivity contribution in [3.05, 3.63) is 59.9 Å². The van der Waals surface area contributed by atoms with Gasteiger partial charge in [-0.15, -0.1) is 0 Å². The van der Waals surface area contributed by atoms with Crippen molar-refractivity contribution in [3.8, 4) is 5.75 Å². The van der Waals surface area contributed by atoms with Crippen LogP contribution in [-0.2, 0) is 14.3 Å². The fourth-order valence-corrected chi connectivity index (χ4v) is 2.15.